The van der Waals surface area contributed by atoms with E-state index in [-0.39, 0.29) is 12.1 Å². The van der Waals surface area contributed by atoms with E-state index in [1.807, 2.05) is 45.0 Å². The Morgan fingerprint density at radius 2 is 1.94 bits per heavy atom. The highest BCUT2D eigenvalue weighted by molar-refractivity contribution is 7.99. The molecule has 0 saturated carbocycles. The molecule has 2 heterocycles. The van der Waals surface area contributed by atoms with Crippen molar-refractivity contribution in [1.29, 1.82) is 0 Å². The molecule has 3 rings (SSSR count). The van der Waals surface area contributed by atoms with E-state index >= 15 is 0 Å². The molecule has 0 fully saturated rings. The molecular formula is C25H36N4O3S. The molecule has 1 aliphatic heterocycles. The van der Waals surface area contributed by atoms with E-state index in [1.165, 1.54) is 0 Å². The van der Waals surface area contributed by atoms with Crippen molar-refractivity contribution in [2.75, 3.05) is 17.7 Å². The fraction of sp³-hybridized carbons (Fsp3) is 0.560. The van der Waals surface area contributed by atoms with Crippen LogP contribution in [-0.4, -0.2) is 39.2 Å². The molecule has 0 bridgehead atoms. The lowest BCUT2D eigenvalue weighted by atomic mass is 9.95. The third-order valence-corrected chi connectivity index (χ3v) is 6.21. The number of benzene rings is 1. The van der Waals surface area contributed by atoms with Gasteiger partial charge in [-0.1, -0.05) is 51.1 Å². The van der Waals surface area contributed by atoms with E-state index in [0.717, 1.165) is 42.0 Å². The largest absolute Gasteiger partial charge is 0.494 e. The Labute approximate surface area is 201 Å². The topological polar surface area (TPSA) is 78.3 Å². The van der Waals surface area contributed by atoms with Crippen LogP contribution in [0, 0.1) is 5.92 Å². The van der Waals surface area contributed by atoms with E-state index < -0.39 is 6.04 Å². The second kappa shape index (κ2) is 11.6. The summed E-state index contributed by atoms with van der Waals surface area (Å²) in [6, 6.07) is 7.46. The first-order chi connectivity index (χ1) is 15.8. The maximum atomic E-state index is 13.1. The summed E-state index contributed by atoms with van der Waals surface area (Å²) in [6.07, 6.45) is 3.02. The van der Waals surface area contributed by atoms with Gasteiger partial charge in [0.05, 0.1) is 18.3 Å². The second-order valence-corrected chi connectivity index (χ2v) is 10.0. The third-order valence-electron chi connectivity index (χ3n) is 5.28. The van der Waals surface area contributed by atoms with Crippen LogP contribution < -0.4 is 10.1 Å². The predicted octanol–water partition coefficient (Wildman–Crippen LogP) is 5.84. The maximum Gasteiger partial charge on any atom is 0.338 e. The summed E-state index contributed by atoms with van der Waals surface area (Å²) < 4.78 is 13.3. The molecule has 0 spiro atoms. The van der Waals surface area contributed by atoms with Crippen LogP contribution in [0.3, 0.4) is 0 Å². The van der Waals surface area contributed by atoms with Crippen LogP contribution in [0.2, 0.25) is 0 Å². The van der Waals surface area contributed by atoms with Crippen LogP contribution in [0.4, 0.5) is 5.95 Å². The quantitative estimate of drug-likeness (QED) is 0.250. The molecule has 1 atom stereocenters. The van der Waals surface area contributed by atoms with Gasteiger partial charge in [0.2, 0.25) is 11.1 Å². The smallest absolute Gasteiger partial charge is 0.338 e. The first-order valence-electron chi connectivity index (χ1n) is 11.8. The zero-order chi connectivity index (χ0) is 24.0. The molecule has 180 valence electrons. The third kappa shape index (κ3) is 6.53. The van der Waals surface area contributed by atoms with Crippen molar-refractivity contribution in [3.8, 4) is 5.75 Å². The lowest BCUT2D eigenvalue weighted by molar-refractivity contribution is -0.143. The summed E-state index contributed by atoms with van der Waals surface area (Å²) in [6.45, 7) is 12.8. The van der Waals surface area contributed by atoms with Crippen molar-refractivity contribution in [2.24, 2.45) is 5.92 Å². The number of unbranched alkanes of at least 4 members (excludes halogenated alkanes) is 1. The number of fused-ring (bicyclic) bond motifs is 1. The molecule has 2 aromatic rings. The highest BCUT2D eigenvalue weighted by atomic mass is 32.2. The van der Waals surface area contributed by atoms with E-state index in [1.54, 1.807) is 16.4 Å². The Hall–Kier alpha value is -2.48. The molecule has 0 aliphatic carbocycles. The molecule has 7 nitrogen and oxygen atoms in total. The molecule has 0 amide bonds. The Balaban J connectivity index is 1.92. The lowest BCUT2D eigenvalue weighted by Gasteiger charge is -2.28. The summed E-state index contributed by atoms with van der Waals surface area (Å²) in [5, 5.41) is 8.71. The van der Waals surface area contributed by atoms with Gasteiger partial charge in [-0.2, -0.15) is 4.98 Å². The normalized spacial score (nSPS) is 15.6. The van der Waals surface area contributed by atoms with Gasteiger partial charge in [-0.05, 0) is 57.2 Å². The molecule has 1 aliphatic rings. The van der Waals surface area contributed by atoms with Crippen LogP contribution in [0.15, 0.2) is 40.7 Å². The average molecular weight is 473 g/mol. The number of thioether (sulfide) groups is 1. The SMILES string of the molecule is CCCCSc1nc2n(n1)C(c1ccc(OCCC(C)C)cc1)C(C(=O)OC(C)C)=C(C)N2. The summed E-state index contributed by atoms with van der Waals surface area (Å²) in [7, 11) is 0. The van der Waals surface area contributed by atoms with Crippen LogP contribution >= 0.6 is 11.8 Å². The highest BCUT2D eigenvalue weighted by Gasteiger charge is 2.35. The molecule has 1 N–H and O–H groups in total. The van der Waals surface area contributed by atoms with Gasteiger partial charge in [-0.15, -0.1) is 5.10 Å². The van der Waals surface area contributed by atoms with Gasteiger partial charge in [-0.3, -0.25) is 0 Å². The van der Waals surface area contributed by atoms with Crippen LogP contribution in [-0.2, 0) is 9.53 Å². The van der Waals surface area contributed by atoms with Gasteiger partial charge in [-0.25, -0.2) is 9.48 Å². The Morgan fingerprint density at radius 1 is 1.21 bits per heavy atom. The van der Waals surface area contributed by atoms with E-state index in [2.05, 4.69) is 31.1 Å². The lowest BCUT2D eigenvalue weighted by Crippen LogP contribution is -2.30. The van der Waals surface area contributed by atoms with Crippen molar-refractivity contribution in [3.63, 3.8) is 0 Å². The molecule has 8 heteroatoms. The number of esters is 1. The number of carbonyl (C=O) groups is 1. The zero-order valence-electron chi connectivity index (χ0n) is 20.6. The number of allylic oxidation sites excluding steroid dienone is 1. The molecule has 0 saturated heterocycles. The number of hydrogen-bond donors (Lipinski definition) is 1. The van der Waals surface area contributed by atoms with E-state index in [4.69, 9.17) is 14.6 Å². The minimum Gasteiger partial charge on any atom is -0.494 e. The summed E-state index contributed by atoms with van der Waals surface area (Å²) >= 11 is 1.63. The summed E-state index contributed by atoms with van der Waals surface area (Å²) in [5.41, 5.74) is 2.20. The van der Waals surface area contributed by atoms with Crippen molar-refractivity contribution < 1.29 is 14.3 Å². The van der Waals surface area contributed by atoms with E-state index in [0.29, 0.717) is 29.2 Å². The first-order valence-corrected chi connectivity index (χ1v) is 12.8. The number of ether oxygens (including phenoxy) is 2. The van der Waals surface area contributed by atoms with Crippen molar-refractivity contribution in [1.82, 2.24) is 14.8 Å². The van der Waals surface area contributed by atoms with Gasteiger partial charge in [0.1, 0.15) is 11.8 Å². The number of rotatable bonds is 11. The Morgan fingerprint density at radius 3 is 2.58 bits per heavy atom. The fourth-order valence-electron chi connectivity index (χ4n) is 3.51. The maximum absolute atomic E-state index is 13.1. The van der Waals surface area contributed by atoms with Crippen molar-refractivity contribution >= 4 is 23.7 Å². The molecule has 1 unspecified atom stereocenters. The van der Waals surface area contributed by atoms with Gasteiger partial charge < -0.3 is 14.8 Å². The van der Waals surface area contributed by atoms with Crippen molar-refractivity contribution in [2.45, 2.75) is 78.1 Å². The molecule has 1 aromatic carbocycles. The van der Waals surface area contributed by atoms with Crippen LogP contribution in [0.5, 0.6) is 5.75 Å². The van der Waals surface area contributed by atoms with Gasteiger partial charge in [0, 0.05) is 11.4 Å². The summed E-state index contributed by atoms with van der Waals surface area (Å²) in [4.78, 5) is 17.8. The van der Waals surface area contributed by atoms with Crippen LogP contribution in [0.1, 0.15) is 72.4 Å². The molecule has 33 heavy (non-hydrogen) atoms. The van der Waals surface area contributed by atoms with Crippen LogP contribution in [0.25, 0.3) is 0 Å². The van der Waals surface area contributed by atoms with Gasteiger partial charge in [0.25, 0.3) is 0 Å². The number of nitrogens with zero attached hydrogens (tertiary/aromatic N) is 3. The minimum absolute atomic E-state index is 0.215. The standard InChI is InChI=1S/C25H36N4O3S/c1-7-8-15-33-25-27-24-26-18(6)21(23(30)32-17(4)5)22(29(24)28-25)19-9-11-20(12-10-19)31-14-13-16(2)3/h9-12,16-17,22H,7-8,13-15H2,1-6H3,(H,26,27,28). The summed E-state index contributed by atoms with van der Waals surface area (Å²) in [5.74, 6) is 2.65. The molecule has 1 aromatic heterocycles. The number of carbonyl (C=O) groups excluding carboxylic acids is 1. The Bertz CT molecular complexity index is 967. The highest BCUT2D eigenvalue weighted by Crippen LogP contribution is 2.37. The number of nitrogens with one attached hydrogen (secondary N) is 1. The van der Waals surface area contributed by atoms with Gasteiger partial charge in [0.15, 0.2) is 0 Å². The van der Waals surface area contributed by atoms with Gasteiger partial charge >= 0.3 is 5.97 Å². The predicted molar refractivity (Wildman–Crippen MR) is 133 cm³/mol. The number of anilines is 1. The monoisotopic (exact) mass is 472 g/mol. The first kappa shape index (κ1) is 25.1. The minimum atomic E-state index is -0.426. The molecule has 0 radical (unpaired) electrons. The Kier molecular flexibility index (Phi) is 8.83. The number of hydrogen-bond acceptors (Lipinski definition) is 7. The average Bonchev–Trinajstić information content (AvgIpc) is 3.15. The zero-order valence-corrected chi connectivity index (χ0v) is 21.4. The fourth-order valence-corrected chi connectivity index (χ4v) is 4.42. The van der Waals surface area contributed by atoms with Crippen molar-refractivity contribution in [3.05, 3.63) is 41.1 Å². The second-order valence-electron chi connectivity index (χ2n) is 8.98. The van der Waals surface area contributed by atoms with E-state index in [9.17, 15) is 4.79 Å². The number of aromatic nitrogens is 3. The molecular weight excluding hydrogens is 436 g/mol.